The number of nitrogens with one attached hydrogen (secondary N) is 1. The fourth-order valence-electron chi connectivity index (χ4n) is 5.12. The Labute approximate surface area is 208 Å². The van der Waals surface area contributed by atoms with Crippen molar-refractivity contribution in [3.05, 3.63) is 56.2 Å². The summed E-state index contributed by atoms with van der Waals surface area (Å²) < 4.78 is 6.98. The van der Waals surface area contributed by atoms with E-state index in [2.05, 4.69) is 23.5 Å². The second-order valence-corrected chi connectivity index (χ2v) is 11.5. The van der Waals surface area contributed by atoms with Crippen LogP contribution in [0.1, 0.15) is 60.2 Å². The van der Waals surface area contributed by atoms with Gasteiger partial charge in [0, 0.05) is 25.1 Å². The van der Waals surface area contributed by atoms with E-state index in [1.165, 1.54) is 33.3 Å². The van der Waals surface area contributed by atoms with Gasteiger partial charge in [0.2, 0.25) is 5.91 Å². The molecule has 0 saturated heterocycles. The standard InChI is InChI=1S/C26H31N3O3S2/c1-16(23(30)27-20-12-5-9-17-8-3-4-10-18(17)20)33-26-28-24-22(19-11-6-13-21(19)34-24)25(31)29(26)14-7-15-32-2/h3-4,8,10,16,20H,5-7,9,11-15H2,1-2H3,(H,27,30)/t16-,20+/m0/s1. The Morgan fingerprint density at radius 3 is 3.00 bits per heavy atom. The number of carbonyl (C=O) groups excluding carboxylic acids is 1. The minimum absolute atomic E-state index is 0.0156. The Kier molecular flexibility index (Phi) is 7.09. The molecule has 8 heteroatoms. The van der Waals surface area contributed by atoms with Crippen LogP contribution in [-0.2, 0) is 35.3 Å². The van der Waals surface area contributed by atoms with E-state index >= 15 is 0 Å². The number of aromatic nitrogens is 2. The van der Waals surface area contributed by atoms with Gasteiger partial charge in [0.25, 0.3) is 5.56 Å². The number of hydrogen-bond acceptors (Lipinski definition) is 6. The van der Waals surface area contributed by atoms with Crippen molar-refractivity contribution >= 4 is 39.2 Å². The lowest BCUT2D eigenvalue weighted by atomic mass is 9.88. The molecule has 180 valence electrons. The van der Waals surface area contributed by atoms with Crippen molar-refractivity contribution < 1.29 is 9.53 Å². The van der Waals surface area contributed by atoms with E-state index in [9.17, 15) is 9.59 Å². The van der Waals surface area contributed by atoms with Crippen molar-refractivity contribution in [2.75, 3.05) is 13.7 Å². The van der Waals surface area contributed by atoms with Gasteiger partial charge in [-0.2, -0.15) is 0 Å². The molecule has 0 fully saturated rings. The minimum atomic E-state index is -0.362. The lowest BCUT2D eigenvalue weighted by Gasteiger charge is -2.27. The van der Waals surface area contributed by atoms with Crippen molar-refractivity contribution in [1.29, 1.82) is 0 Å². The Morgan fingerprint density at radius 1 is 1.29 bits per heavy atom. The average molecular weight is 498 g/mol. The number of amides is 1. The number of hydrogen-bond donors (Lipinski definition) is 1. The molecule has 1 amide bonds. The Morgan fingerprint density at radius 2 is 2.15 bits per heavy atom. The molecule has 2 heterocycles. The van der Waals surface area contributed by atoms with E-state index in [-0.39, 0.29) is 22.8 Å². The van der Waals surface area contributed by atoms with E-state index in [1.54, 1.807) is 23.0 Å². The highest BCUT2D eigenvalue weighted by atomic mass is 32.2. The second kappa shape index (κ2) is 10.2. The van der Waals surface area contributed by atoms with Gasteiger partial charge < -0.3 is 10.1 Å². The van der Waals surface area contributed by atoms with Gasteiger partial charge in [-0.05, 0) is 68.6 Å². The van der Waals surface area contributed by atoms with E-state index in [4.69, 9.17) is 9.72 Å². The molecule has 34 heavy (non-hydrogen) atoms. The average Bonchev–Trinajstić information content (AvgIpc) is 3.42. The number of thiophene rings is 1. The fourth-order valence-corrected chi connectivity index (χ4v) is 7.36. The van der Waals surface area contributed by atoms with Crippen LogP contribution in [0, 0.1) is 0 Å². The smallest absolute Gasteiger partial charge is 0.263 e. The highest BCUT2D eigenvalue weighted by Crippen LogP contribution is 2.36. The summed E-state index contributed by atoms with van der Waals surface area (Å²) in [6.07, 6.45) is 6.91. The molecule has 0 aliphatic heterocycles. The largest absolute Gasteiger partial charge is 0.385 e. The van der Waals surface area contributed by atoms with Crippen LogP contribution in [0.15, 0.2) is 34.2 Å². The van der Waals surface area contributed by atoms with E-state index in [0.717, 1.165) is 55.2 Å². The van der Waals surface area contributed by atoms with Crippen LogP contribution in [-0.4, -0.2) is 34.4 Å². The van der Waals surface area contributed by atoms with Crippen molar-refractivity contribution in [2.24, 2.45) is 0 Å². The molecule has 5 rings (SSSR count). The number of carbonyl (C=O) groups is 1. The first-order valence-corrected chi connectivity index (χ1v) is 13.8. The zero-order chi connectivity index (χ0) is 23.7. The lowest BCUT2D eigenvalue weighted by Crippen LogP contribution is -2.36. The molecule has 6 nitrogen and oxygen atoms in total. The molecule has 2 aromatic heterocycles. The predicted molar refractivity (Wildman–Crippen MR) is 138 cm³/mol. The number of thioether (sulfide) groups is 1. The zero-order valence-corrected chi connectivity index (χ0v) is 21.4. The van der Waals surface area contributed by atoms with E-state index < -0.39 is 0 Å². The molecule has 0 saturated carbocycles. The maximum Gasteiger partial charge on any atom is 0.263 e. The first-order chi connectivity index (χ1) is 16.6. The third-order valence-corrected chi connectivity index (χ3v) is 9.13. The molecule has 0 bridgehead atoms. The molecular formula is C26H31N3O3S2. The number of rotatable bonds is 8. The monoisotopic (exact) mass is 497 g/mol. The summed E-state index contributed by atoms with van der Waals surface area (Å²) in [6.45, 7) is 3.01. The van der Waals surface area contributed by atoms with Gasteiger partial charge in [-0.25, -0.2) is 4.98 Å². The lowest BCUT2D eigenvalue weighted by molar-refractivity contribution is -0.121. The highest BCUT2D eigenvalue weighted by Gasteiger charge is 2.27. The van der Waals surface area contributed by atoms with Gasteiger partial charge in [-0.3, -0.25) is 14.2 Å². The second-order valence-electron chi connectivity index (χ2n) is 9.15. The molecular weight excluding hydrogens is 466 g/mol. The molecule has 1 N–H and O–H groups in total. The van der Waals surface area contributed by atoms with Crippen LogP contribution in [0.25, 0.3) is 10.2 Å². The van der Waals surface area contributed by atoms with Crippen molar-refractivity contribution in [2.45, 2.75) is 74.9 Å². The summed E-state index contributed by atoms with van der Waals surface area (Å²) in [5.41, 5.74) is 3.76. The summed E-state index contributed by atoms with van der Waals surface area (Å²) in [5.74, 6) is -0.0156. The van der Waals surface area contributed by atoms with Crippen molar-refractivity contribution in [3.63, 3.8) is 0 Å². The zero-order valence-electron chi connectivity index (χ0n) is 19.8. The minimum Gasteiger partial charge on any atom is -0.385 e. The van der Waals surface area contributed by atoms with Crippen LogP contribution in [0.3, 0.4) is 0 Å². The number of methoxy groups -OCH3 is 1. The van der Waals surface area contributed by atoms with Gasteiger partial charge in [-0.15, -0.1) is 11.3 Å². The maximum absolute atomic E-state index is 13.5. The summed E-state index contributed by atoms with van der Waals surface area (Å²) in [6, 6.07) is 8.42. The van der Waals surface area contributed by atoms with Gasteiger partial charge in [-0.1, -0.05) is 36.0 Å². The van der Waals surface area contributed by atoms with Gasteiger partial charge in [0.05, 0.1) is 16.7 Å². The Balaban J connectivity index is 1.39. The van der Waals surface area contributed by atoms with Gasteiger partial charge in [0.1, 0.15) is 4.83 Å². The van der Waals surface area contributed by atoms with E-state index in [1.807, 2.05) is 13.0 Å². The molecule has 0 radical (unpaired) electrons. The Hall–Kier alpha value is -2.16. The number of ether oxygens (including phenoxy) is 1. The number of fused-ring (bicyclic) bond motifs is 4. The molecule has 2 aliphatic rings. The van der Waals surface area contributed by atoms with Crippen molar-refractivity contribution in [1.82, 2.24) is 14.9 Å². The van der Waals surface area contributed by atoms with Gasteiger partial charge in [0.15, 0.2) is 5.16 Å². The summed E-state index contributed by atoms with van der Waals surface area (Å²) in [7, 11) is 1.67. The number of benzene rings is 1. The fraction of sp³-hybridized carbons (Fsp3) is 0.500. The van der Waals surface area contributed by atoms with Gasteiger partial charge >= 0.3 is 0 Å². The first-order valence-electron chi connectivity index (χ1n) is 12.2. The van der Waals surface area contributed by atoms with Crippen LogP contribution >= 0.6 is 23.1 Å². The predicted octanol–water partition coefficient (Wildman–Crippen LogP) is 4.66. The number of nitrogens with zero attached hydrogens (tertiary/aromatic N) is 2. The third kappa shape index (κ3) is 4.55. The maximum atomic E-state index is 13.5. The molecule has 0 spiro atoms. The van der Waals surface area contributed by atoms with Crippen LogP contribution in [0.4, 0.5) is 0 Å². The molecule has 2 atom stereocenters. The molecule has 3 aromatic rings. The number of aryl methyl sites for hydroxylation is 3. The Bertz CT molecular complexity index is 1270. The highest BCUT2D eigenvalue weighted by molar-refractivity contribution is 8.00. The van der Waals surface area contributed by atoms with Crippen LogP contribution in [0.5, 0.6) is 0 Å². The molecule has 0 unspecified atom stereocenters. The molecule has 1 aromatic carbocycles. The summed E-state index contributed by atoms with van der Waals surface area (Å²) in [5, 5.41) is 4.31. The quantitative estimate of drug-likeness (QED) is 0.278. The topological polar surface area (TPSA) is 73.2 Å². The van der Waals surface area contributed by atoms with Crippen molar-refractivity contribution in [3.8, 4) is 0 Å². The SMILES string of the molecule is COCCCn1c(S[C@@H](C)C(=O)N[C@@H]2CCCc3ccccc32)nc2sc3c(c2c1=O)CCC3. The third-order valence-electron chi connectivity index (χ3n) is 6.86. The first kappa shape index (κ1) is 23.6. The molecule has 2 aliphatic carbocycles. The van der Waals surface area contributed by atoms with Crippen LogP contribution < -0.4 is 10.9 Å². The normalized spacial score (nSPS) is 18.0. The van der Waals surface area contributed by atoms with E-state index in [0.29, 0.717) is 18.3 Å². The summed E-state index contributed by atoms with van der Waals surface area (Å²) in [4.78, 5) is 33.8. The summed E-state index contributed by atoms with van der Waals surface area (Å²) >= 11 is 3.03. The van der Waals surface area contributed by atoms with Crippen LogP contribution in [0.2, 0.25) is 0 Å².